The SMILES string of the molecule is CC(=O)OCC(=O)[C@]1(OC(C)=O)CC[C@@H]2[C@H]3CCC4=CC(=O)C=C[C@]4(C)[C@]3(Br)[C@@H](OC(C)=O)C[C@]21C. The van der Waals surface area contributed by atoms with E-state index < -0.39 is 57.2 Å². The molecule has 0 bridgehead atoms. The van der Waals surface area contributed by atoms with Crippen molar-refractivity contribution in [3.63, 3.8) is 0 Å². The molecular weight excluding hydrogens is 532 g/mol. The first-order chi connectivity index (χ1) is 16.7. The van der Waals surface area contributed by atoms with Crippen LogP contribution in [-0.4, -0.2) is 52.1 Å². The monoisotopic (exact) mass is 564 g/mol. The molecule has 196 valence electrons. The molecule has 36 heavy (non-hydrogen) atoms. The van der Waals surface area contributed by atoms with Crippen molar-refractivity contribution in [1.29, 1.82) is 0 Å². The van der Waals surface area contributed by atoms with Gasteiger partial charge in [0.2, 0.25) is 5.78 Å². The van der Waals surface area contributed by atoms with Gasteiger partial charge in [-0.05, 0) is 56.1 Å². The molecular formula is C27H33BrO8. The first-order valence-corrected chi connectivity index (χ1v) is 13.2. The summed E-state index contributed by atoms with van der Waals surface area (Å²) >= 11 is 4.08. The van der Waals surface area contributed by atoms with E-state index in [4.69, 9.17) is 14.2 Å². The number of ketones is 2. The van der Waals surface area contributed by atoms with Crippen molar-refractivity contribution < 1.29 is 38.2 Å². The molecule has 7 atom stereocenters. The maximum atomic E-state index is 13.6. The number of esters is 3. The Labute approximate surface area is 219 Å². The summed E-state index contributed by atoms with van der Waals surface area (Å²) in [6.45, 7) is 7.32. The molecule has 0 amide bonds. The highest BCUT2D eigenvalue weighted by molar-refractivity contribution is 9.10. The van der Waals surface area contributed by atoms with Crippen molar-refractivity contribution in [2.45, 2.75) is 82.8 Å². The Hall–Kier alpha value is -2.29. The minimum Gasteiger partial charge on any atom is -0.461 e. The van der Waals surface area contributed by atoms with Crippen molar-refractivity contribution in [2.75, 3.05) is 6.61 Å². The van der Waals surface area contributed by atoms with E-state index in [2.05, 4.69) is 22.9 Å². The van der Waals surface area contributed by atoms with Crippen LogP contribution in [0.5, 0.6) is 0 Å². The van der Waals surface area contributed by atoms with Crippen LogP contribution in [0.1, 0.15) is 66.7 Å². The number of carbonyl (C=O) groups excluding carboxylic acids is 5. The standard InChI is InChI=1S/C27H33BrO8/c1-15(29)34-14-22(33)26(36-17(3)31)11-9-20-21-7-6-18-12-19(32)8-10-24(18,4)27(21,28)23(35-16(2)30)13-25(20,26)5/h8,10,12,20-21,23H,6-7,9,11,13-14H2,1-5H3/t20-,21-,23+,24+,25-,26-,27-/m1/s1. The number of carbonyl (C=O) groups is 5. The lowest BCUT2D eigenvalue weighted by Gasteiger charge is -2.64. The van der Waals surface area contributed by atoms with Crippen molar-refractivity contribution in [3.05, 3.63) is 23.8 Å². The number of ether oxygens (including phenoxy) is 3. The molecule has 4 aliphatic rings. The molecule has 0 N–H and O–H groups in total. The minimum atomic E-state index is -1.51. The topological polar surface area (TPSA) is 113 Å². The quantitative estimate of drug-likeness (QED) is 0.281. The van der Waals surface area contributed by atoms with E-state index in [1.54, 1.807) is 12.2 Å². The van der Waals surface area contributed by atoms with Crippen molar-refractivity contribution >= 4 is 45.4 Å². The van der Waals surface area contributed by atoms with Gasteiger partial charge in [-0.25, -0.2) is 0 Å². The van der Waals surface area contributed by atoms with Crippen LogP contribution >= 0.6 is 15.9 Å². The van der Waals surface area contributed by atoms with Crippen LogP contribution in [0.4, 0.5) is 0 Å². The minimum absolute atomic E-state index is 0.0560. The Morgan fingerprint density at radius 2 is 1.72 bits per heavy atom. The maximum Gasteiger partial charge on any atom is 0.303 e. The van der Waals surface area contributed by atoms with Crippen LogP contribution in [0.3, 0.4) is 0 Å². The van der Waals surface area contributed by atoms with E-state index in [-0.39, 0.29) is 30.5 Å². The Morgan fingerprint density at radius 1 is 1.03 bits per heavy atom. The molecule has 0 aliphatic heterocycles. The van der Waals surface area contributed by atoms with Gasteiger partial charge in [-0.1, -0.05) is 41.4 Å². The number of halogens is 1. The van der Waals surface area contributed by atoms with Crippen molar-refractivity contribution in [2.24, 2.45) is 22.7 Å². The predicted octanol–water partition coefficient (Wildman–Crippen LogP) is 3.79. The van der Waals surface area contributed by atoms with E-state index in [1.807, 2.05) is 13.0 Å². The van der Waals surface area contributed by atoms with E-state index in [0.29, 0.717) is 19.3 Å². The molecule has 9 heteroatoms. The second-order valence-electron chi connectivity index (χ2n) is 11.0. The summed E-state index contributed by atoms with van der Waals surface area (Å²) in [5, 5.41) is 0. The number of hydrogen-bond donors (Lipinski definition) is 0. The van der Waals surface area contributed by atoms with Crippen LogP contribution in [0.15, 0.2) is 23.8 Å². The van der Waals surface area contributed by atoms with Crippen molar-refractivity contribution in [1.82, 2.24) is 0 Å². The van der Waals surface area contributed by atoms with Crippen LogP contribution in [-0.2, 0) is 38.2 Å². The van der Waals surface area contributed by atoms with E-state index in [9.17, 15) is 24.0 Å². The average Bonchev–Trinajstić information content (AvgIpc) is 3.05. The molecule has 0 radical (unpaired) electrons. The first kappa shape index (κ1) is 26.8. The second-order valence-corrected chi connectivity index (χ2v) is 12.3. The van der Waals surface area contributed by atoms with Gasteiger partial charge in [0, 0.05) is 31.6 Å². The fraction of sp³-hybridized carbons (Fsp3) is 0.667. The van der Waals surface area contributed by atoms with Gasteiger partial charge in [0.25, 0.3) is 0 Å². The van der Waals surface area contributed by atoms with E-state index >= 15 is 0 Å². The number of hydrogen-bond acceptors (Lipinski definition) is 8. The summed E-state index contributed by atoms with van der Waals surface area (Å²) in [5.74, 6) is -2.30. The lowest BCUT2D eigenvalue weighted by molar-refractivity contribution is -0.200. The normalized spacial score (nSPS) is 40.8. The third-order valence-corrected chi connectivity index (χ3v) is 11.1. The highest BCUT2D eigenvalue weighted by Crippen LogP contribution is 2.72. The number of alkyl halides is 1. The summed E-state index contributed by atoms with van der Waals surface area (Å²) in [5.41, 5.74) is -2.00. The third kappa shape index (κ3) is 3.72. The highest BCUT2D eigenvalue weighted by atomic mass is 79.9. The molecule has 0 aromatic heterocycles. The van der Waals surface area contributed by atoms with Gasteiger partial charge in [-0.2, -0.15) is 0 Å². The Kier molecular flexibility index (Phi) is 6.63. The highest BCUT2D eigenvalue weighted by Gasteiger charge is 2.75. The Morgan fingerprint density at radius 3 is 2.33 bits per heavy atom. The number of rotatable bonds is 5. The van der Waals surface area contributed by atoms with Crippen LogP contribution in [0.25, 0.3) is 0 Å². The first-order valence-electron chi connectivity index (χ1n) is 12.4. The van der Waals surface area contributed by atoms with Gasteiger partial charge >= 0.3 is 17.9 Å². The van der Waals surface area contributed by atoms with Gasteiger partial charge in [0.1, 0.15) is 6.10 Å². The largest absolute Gasteiger partial charge is 0.461 e. The fourth-order valence-electron chi connectivity index (χ4n) is 7.70. The summed E-state index contributed by atoms with van der Waals surface area (Å²) in [6, 6.07) is 0. The molecule has 0 aromatic rings. The van der Waals surface area contributed by atoms with Crippen LogP contribution in [0.2, 0.25) is 0 Å². The van der Waals surface area contributed by atoms with Crippen LogP contribution in [0, 0.1) is 22.7 Å². The molecule has 0 saturated heterocycles. The number of fused-ring (bicyclic) bond motifs is 5. The lowest BCUT2D eigenvalue weighted by Crippen LogP contribution is -2.69. The molecule has 0 spiro atoms. The molecule has 0 unspecified atom stereocenters. The smallest absolute Gasteiger partial charge is 0.303 e. The second kappa shape index (κ2) is 8.92. The fourth-order valence-corrected chi connectivity index (χ4v) is 8.89. The maximum absolute atomic E-state index is 13.6. The molecule has 8 nitrogen and oxygen atoms in total. The lowest BCUT2D eigenvalue weighted by atomic mass is 9.46. The number of allylic oxidation sites excluding steroid dienone is 4. The summed E-state index contributed by atoms with van der Waals surface area (Å²) in [7, 11) is 0. The van der Waals surface area contributed by atoms with E-state index in [1.165, 1.54) is 20.8 Å². The molecule has 0 aromatic carbocycles. The van der Waals surface area contributed by atoms with Crippen LogP contribution < -0.4 is 0 Å². The zero-order valence-electron chi connectivity index (χ0n) is 21.4. The number of Topliss-reactive ketones (excluding diaryl/α,β-unsaturated/α-hetero) is 1. The summed E-state index contributed by atoms with van der Waals surface area (Å²) < 4.78 is 16.2. The van der Waals surface area contributed by atoms with Gasteiger partial charge in [0.15, 0.2) is 18.0 Å². The zero-order valence-corrected chi connectivity index (χ0v) is 22.9. The predicted molar refractivity (Wildman–Crippen MR) is 132 cm³/mol. The summed E-state index contributed by atoms with van der Waals surface area (Å²) in [4.78, 5) is 62.0. The third-order valence-electron chi connectivity index (χ3n) is 9.22. The molecule has 0 heterocycles. The molecule has 4 rings (SSSR count). The van der Waals surface area contributed by atoms with E-state index in [0.717, 1.165) is 5.57 Å². The Balaban J connectivity index is 1.85. The van der Waals surface area contributed by atoms with Gasteiger partial charge < -0.3 is 14.2 Å². The zero-order chi connectivity index (χ0) is 26.7. The average molecular weight is 565 g/mol. The van der Waals surface area contributed by atoms with Gasteiger partial charge in [-0.3, -0.25) is 24.0 Å². The summed E-state index contributed by atoms with van der Waals surface area (Å²) in [6.07, 6.45) is 7.01. The molecule has 3 saturated carbocycles. The van der Waals surface area contributed by atoms with Gasteiger partial charge in [0.05, 0.1) is 4.32 Å². The molecule has 4 aliphatic carbocycles. The van der Waals surface area contributed by atoms with Crippen molar-refractivity contribution in [3.8, 4) is 0 Å². The Bertz CT molecular complexity index is 1090. The molecule has 3 fully saturated rings. The van der Waals surface area contributed by atoms with Gasteiger partial charge in [-0.15, -0.1) is 0 Å².